The van der Waals surface area contributed by atoms with E-state index >= 15 is 0 Å². The van der Waals surface area contributed by atoms with Crippen LogP contribution in [0.5, 0.6) is 0 Å². The van der Waals surface area contributed by atoms with Crippen LogP contribution in [-0.4, -0.2) is 44.3 Å². The number of nitrogens with one attached hydrogen (secondary N) is 2. The lowest BCUT2D eigenvalue weighted by molar-refractivity contribution is -0.121. The molecule has 7 nitrogen and oxygen atoms in total. The van der Waals surface area contributed by atoms with Crippen molar-refractivity contribution in [2.24, 2.45) is 0 Å². The van der Waals surface area contributed by atoms with E-state index in [-0.39, 0.29) is 11.9 Å². The molecule has 4 aromatic rings. The Kier molecular flexibility index (Phi) is 5.00. The van der Waals surface area contributed by atoms with Crippen molar-refractivity contribution in [3.63, 3.8) is 0 Å². The van der Waals surface area contributed by atoms with Crippen molar-refractivity contribution in [2.75, 3.05) is 18.1 Å². The molecule has 8 heteroatoms. The Labute approximate surface area is 178 Å². The van der Waals surface area contributed by atoms with Gasteiger partial charge in [0.2, 0.25) is 11.9 Å². The number of benzene rings is 2. The van der Waals surface area contributed by atoms with Crippen molar-refractivity contribution in [3.8, 4) is 11.4 Å². The van der Waals surface area contributed by atoms with Crippen LogP contribution < -0.4 is 10.6 Å². The quantitative estimate of drug-likeness (QED) is 0.491. The van der Waals surface area contributed by atoms with Gasteiger partial charge in [0.1, 0.15) is 6.04 Å². The molecule has 0 aliphatic carbocycles. The van der Waals surface area contributed by atoms with Gasteiger partial charge in [0.05, 0.1) is 5.52 Å². The molecule has 1 atom stereocenters. The normalized spacial score (nSPS) is 17.1. The van der Waals surface area contributed by atoms with Gasteiger partial charge in [-0.2, -0.15) is 4.52 Å². The van der Waals surface area contributed by atoms with E-state index in [1.54, 1.807) is 16.3 Å². The van der Waals surface area contributed by atoms with Gasteiger partial charge in [-0.3, -0.25) is 4.79 Å². The summed E-state index contributed by atoms with van der Waals surface area (Å²) in [5.74, 6) is 1.18. The zero-order valence-electron chi connectivity index (χ0n) is 16.6. The number of hydrogen-bond donors (Lipinski definition) is 2. The summed E-state index contributed by atoms with van der Waals surface area (Å²) >= 11 is 1.67. The Bertz CT molecular complexity index is 1240. The van der Waals surface area contributed by atoms with Crippen molar-refractivity contribution in [3.05, 3.63) is 48.5 Å². The average Bonchev–Trinajstić information content (AvgIpc) is 3.14. The molecule has 0 bridgehead atoms. The van der Waals surface area contributed by atoms with Crippen molar-refractivity contribution < 1.29 is 4.79 Å². The highest BCUT2D eigenvalue weighted by atomic mass is 32.2. The summed E-state index contributed by atoms with van der Waals surface area (Å²) in [5.41, 5.74) is 2.53. The van der Waals surface area contributed by atoms with Crippen LogP contribution in [0.1, 0.15) is 19.3 Å². The van der Waals surface area contributed by atoms with Gasteiger partial charge in [-0.05, 0) is 49.8 Å². The summed E-state index contributed by atoms with van der Waals surface area (Å²) < 4.78 is 1.73. The third-order valence-electron chi connectivity index (χ3n) is 5.37. The fourth-order valence-corrected chi connectivity index (χ4v) is 4.42. The van der Waals surface area contributed by atoms with Crippen LogP contribution in [0, 0.1) is 0 Å². The zero-order chi connectivity index (χ0) is 20.5. The lowest BCUT2D eigenvalue weighted by atomic mass is 10.1. The van der Waals surface area contributed by atoms with Gasteiger partial charge in [-0.1, -0.05) is 24.3 Å². The maximum Gasteiger partial charge on any atom is 0.242 e. The lowest BCUT2D eigenvalue weighted by Gasteiger charge is -2.16. The number of nitrogens with zero attached hydrogens (tertiary/aromatic N) is 4. The molecule has 152 valence electrons. The average molecular weight is 419 g/mol. The van der Waals surface area contributed by atoms with Gasteiger partial charge in [0.15, 0.2) is 11.5 Å². The highest BCUT2D eigenvalue weighted by Gasteiger charge is 2.23. The first-order valence-electron chi connectivity index (χ1n) is 10.1. The number of carbonyl (C=O) groups is 1. The first-order valence-corrected chi connectivity index (χ1v) is 11.3. The number of fused-ring (bicyclic) bond motifs is 3. The van der Waals surface area contributed by atoms with E-state index in [1.165, 1.54) is 0 Å². The van der Waals surface area contributed by atoms with E-state index in [9.17, 15) is 4.79 Å². The highest BCUT2D eigenvalue weighted by molar-refractivity contribution is 7.98. The predicted molar refractivity (Wildman–Crippen MR) is 120 cm³/mol. The van der Waals surface area contributed by atoms with Crippen LogP contribution in [0.4, 0.5) is 5.95 Å². The van der Waals surface area contributed by atoms with Crippen molar-refractivity contribution in [2.45, 2.75) is 30.2 Å². The molecule has 1 amide bonds. The minimum atomic E-state index is -0.338. The monoisotopic (exact) mass is 418 g/mol. The number of amides is 1. The van der Waals surface area contributed by atoms with E-state index in [0.717, 1.165) is 52.8 Å². The maximum atomic E-state index is 12.5. The lowest BCUT2D eigenvalue weighted by Crippen LogP contribution is -2.38. The predicted octanol–water partition coefficient (Wildman–Crippen LogP) is 3.75. The Balaban J connectivity index is 1.67. The molecule has 2 aromatic heterocycles. The van der Waals surface area contributed by atoms with Crippen LogP contribution in [0.15, 0.2) is 53.4 Å². The number of aromatic nitrogens is 4. The van der Waals surface area contributed by atoms with Gasteiger partial charge in [-0.15, -0.1) is 16.9 Å². The minimum Gasteiger partial charge on any atom is -0.354 e. The molecule has 0 spiro atoms. The molecule has 1 saturated heterocycles. The fraction of sp³-hybridized carbons (Fsp3) is 0.273. The molecule has 1 aliphatic rings. The topological polar surface area (TPSA) is 84.2 Å². The number of carbonyl (C=O) groups excluding carboxylic acids is 1. The molecule has 0 unspecified atom stereocenters. The fourth-order valence-electron chi connectivity index (χ4n) is 3.83. The van der Waals surface area contributed by atoms with Crippen molar-refractivity contribution in [1.82, 2.24) is 24.9 Å². The summed E-state index contributed by atoms with van der Waals surface area (Å²) in [7, 11) is 0. The molecule has 1 fully saturated rings. The van der Waals surface area contributed by atoms with Crippen LogP contribution in [0.3, 0.4) is 0 Å². The van der Waals surface area contributed by atoms with Crippen LogP contribution in [0.2, 0.25) is 0 Å². The third kappa shape index (κ3) is 3.37. The van der Waals surface area contributed by atoms with Crippen molar-refractivity contribution >= 4 is 40.2 Å². The third-order valence-corrected chi connectivity index (χ3v) is 6.16. The maximum absolute atomic E-state index is 12.5. The molecular formula is C22H22N6OS. The molecule has 2 N–H and O–H groups in total. The van der Waals surface area contributed by atoms with E-state index in [0.29, 0.717) is 11.8 Å². The molecule has 0 radical (unpaired) electrons. The van der Waals surface area contributed by atoms with Crippen LogP contribution in [0.25, 0.3) is 27.9 Å². The van der Waals surface area contributed by atoms with E-state index < -0.39 is 0 Å². The summed E-state index contributed by atoms with van der Waals surface area (Å²) in [6.45, 7) is 0.719. The Morgan fingerprint density at radius 2 is 1.93 bits per heavy atom. The SMILES string of the molecule is CSc1ccccc1-c1nc2c3ccccc3nc(N[C@@H]3CCCCNC3=O)n2n1. The van der Waals surface area contributed by atoms with Crippen LogP contribution in [-0.2, 0) is 4.79 Å². The second-order valence-corrected chi connectivity index (χ2v) is 8.16. The van der Waals surface area contributed by atoms with Gasteiger partial charge in [-0.25, -0.2) is 9.97 Å². The molecule has 2 aromatic carbocycles. The number of anilines is 1. The molecule has 5 rings (SSSR count). The second-order valence-electron chi connectivity index (χ2n) is 7.31. The standard InChI is InChI=1S/C22H22N6OS/c1-30-18-12-5-3-9-15(18)19-26-20-14-8-2-4-10-16(14)24-22(28(20)27-19)25-17-11-6-7-13-23-21(17)29/h2-5,8-10,12,17H,6-7,11,13H2,1H3,(H,23,29)(H,24,25)/t17-/m1/s1. The number of hydrogen-bond acceptors (Lipinski definition) is 6. The largest absolute Gasteiger partial charge is 0.354 e. The minimum absolute atomic E-state index is 0.00340. The van der Waals surface area contributed by atoms with Gasteiger partial charge in [0.25, 0.3) is 0 Å². The molecule has 30 heavy (non-hydrogen) atoms. The van der Waals surface area contributed by atoms with Crippen LogP contribution >= 0.6 is 11.8 Å². The van der Waals surface area contributed by atoms with Gasteiger partial charge < -0.3 is 10.6 Å². The van der Waals surface area contributed by atoms with Crippen molar-refractivity contribution in [1.29, 1.82) is 0 Å². The molecule has 0 saturated carbocycles. The summed E-state index contributed by atoms with van der Waals surface area (Å²) in [5, 5.41) is 12.0. The smallest absolute Gasteiger partial charge is 0.242 e. The Hall–Kier alpha value is -3.13. The number of thioether (sulfide) groups is 1. The first-order chi connectivity index (χ1) is 14.7. The Morgan fingerprint density at radius 1 is 1.10 bits per heavy atom. The van der Waals surface area contributed by atoms with E-state index in [1.807, 2.05) is 48.7 Å². The number of para-hydroxylation sites is 1. The summed E-state index contributed by atoms with van der Waals surface area (Å²) in [4.78, 5) is 23.2. The molecule has 1 aliphatic heterocycles. The summed E-state index contributed by atoms with van der Waals surface area (Å²) in [6, 6.07) is 15.6. The molecule has 3 heterocycles. The highest BCUT2D eigenvalue weighted by Crippen LogP contribution is 2.30. The first kappa shape index (κ1) is 18.9. The van der Waals surface area contributed by atoms with E-state index in [2.05, 4.69) is 16.7 Å². The zero-order valence-corrected chi connectivity index (χ0v) is 17.4. The van der Waals surface area contributed by atoms with Gasteiger partial charge >= 0.3 is 0 Å². The molecular weight excluding hydrogens is 396 g/mol. The van der Waals surface area contributed by atoms with E-state index in [4.69, 9.17) is 15.1 Å². The number of rotatable bonds is 4. The Morgan fingerprint density at radius 3 is 2.83 bits per heavy atom. The second kappa shape index (κ2) is 7.95. The summed E-state index contributed by atoms with van der Waals surface area (Å²) in [6.07, 6.45) is 4.78. The van der Waals surface area contributed by atoms with Gasteiger partial charge in [0, 0.05) is 22.4 Å².